The number of rotatable bonds is 2. The van der Waals surface area contributed by atoms with Crippen molar-refractivity contribution in [1.29, 1.82) is 0 Å². The van der Waals surface area contributed by atoms with Crippen molar-refractivity contribution < 1.29 is 0 Å². The predicted octanol–water partition coefficient (Wildman–Crippen LogP) is 1.72. The Kier molecular flexibility index (Phi) is 3.28. The van der Waals surface area contributed by atoms with Crippen LogP contribution in [0.4, 0.5) is 0 Å². The van der Waals surface area contributed by atoms with Crippen LogP contribution in [0.25, 0.3) is 0 Å². The minimum atomic E-state index is -0.467. The average Bonchev–Trinajstić information content (AvgIpc) is 2.25. The minimum absolute atomic E-state index is 0.334. The van der Waals surface area contributed by atoms with Gasteiger partial charge in [0.15, 0.2) is 0 Å². The Morgan fingerprint density at radius 3 is 2.71 bits per heavy atom. The molecule has 0 aliphatic rings. The second-order valence-corrected chi connectivity index (χ2v) is 4.73. The number of halogens is 1. The quantitative estimate of drug-likeness (QED) is 0.886. The van der Waals surface area contributed by atoms with Crippen LogP contribution in [0.5, 0.6) is 0 Å². The van der Waals surface area contributed by atoms with Crippen LogP contribution >= 0.6 is 15.9 Å². The molecule has 0 atom stereocenters. The molecule has 88 valence electrons. The van der Waals surface area contributed by atoms with Crippen LogP contribution in [0.2, 0.25) is 0 Å². The molecule has 2 rings (SSSR count). The molecule has 0 saturated carbocycles. The maximum atomic E-state index is 11.4. The number of hydrogen-bond acceptors (Lipinski definition) is 2. The smallest absolute Gasteiger partial charge is 0.311 e. The van der Waals surface area contributed by atoms with Crippen molar-refractivity contribution in [3.8, 4) is 0 Å². The van der Waals surface area contributed by atoms with Gasteiger partial charge in [0.2, 0.25) is 0 Å². The van der Waals surface area contributed by atoms with E-state index >= 15 is 0 Å². The summed E-state index contributed by atoms with van der Waals surface area (Å²) >= 11 is 3.38. The molecular formula is C12H11BrN2O2. The summed E-state index contributed by atoms with van der Waals surface area (Å²) in [6, 6.07) is 7.75. The van der Waals surface area contributed by atoms with E-state index in [1.807, 2.05) is 24.3 Å². The van der Waals surface area contributed by atoms with Crippen molar-refractivity contribution in [2.45, 2.75) is 13.3 Å². The van der Waals surface area contributed by atoms with Gasteiger partial charge in [0.1, 0.15) is 0 Å². The first-order chi connectivity index (χ1) is 8.06. The maximum Gasteiger partial charge on any atom is 0.325 e. The van der Waals surface area contributed by atoms with Crippen molar-refractivity contribution in [2.24, 2.45) is 0 Å². The fourth-order valence-corrected chi connectivity index (χ4v) is 2.07. The molecule has 1 heterocycles. The van der Waals surface area contributed by atoms with Crippen molar-refractivity contribution in [3.05, 3.63) is 66.4 Å². The van der Waals surface area contributed by atoms with E-state index in [1.165, 1.54) is 0 Å². The standard InChI is InChI=1S/C12H11BrN2O2/c1-7-10(14-12(17)15-11(7)16)6-8-3-2-4-9(13)5-8/h2-5H,6H2,1H3,(H2,14,15,16,17). The van der Waals surface area contributed by atoms with Crippen LogP contribution in [-0.4, -0.2) is 9.97 Å². The fourth-order valence-electron chi connectivity index (χ4n) is 1.62. The monoisotopic (exact) mass is 294 g/mol. The Hall–Kier alpha value is -1.62. The van der Waals surface area contributed by atoms with E-state index < -0.39 is 5.69 Å². The number of benzene rings is 1. The van der Waals surface area contributed by atoms with E-state index in [9.17, 15) is 9.59 Å². The van der Waals surface area contributed by atoms with Crippen LogP contribution in [0.15, 0.2) is 38.3 Å². The van der Waals surface area contributed by atoms with E-state index in [0.717, 1.165) is 10.0 Å². The van der Waals surface area contributed by atoms with Gasteiger partial charge in [0, 0.05) is 22.2 Å². The molecule has 1 aromatic carbocycles. The van der Waals surface area contributed by atoms with Crippen LogP contribution in [0, 0.1) is 6.92 Å². The number of H-pyrrole nitrogens is 2. The molecule has 0 spiro atoms. The molecule has 0 aliphatic heterocycles. The Bertz CT molecular complexity index is 658. The third-order valence-electron chi connectivity index (χ3n) is 2.55. The van der Waals surface area contributed by atoms with Crippen molar-refractivity contribution in [2.75, 3.05) is 0 Å². The SMILES string of the molecule is Cc1c(Cc2cccc(Br)c2)[nH]c(=O)[nH]c1=O. The van der Waals surface area contributed by atoms with Gasteiger partial charge in [-0.05, 0) is 24.6 Å². The van der Waals surface area contributed by atoms with Gasteiger partial charge in [0.05, 0.1) is 0 Å². The van der Waals surface area contributed by atoms with Gasteiger partial charge in [-0.2, -0.15) is 0 Å². The van der Waals surface area contributed by atoms with Gasteiger partial charge >= 0.3 is 5.69 Å². The summed E-state index contributed by atoms with van der Waals surface area (Å²) in [6.45, 7) is 1.70. The van der Waals surface area contributed by atoms with Crippen LogP contribution < -0.4 is 11.2 Å². The molecule has 2 aromatic rings. The summed E-state index contributed by atoms with van der Waals surface area (Å²) < 4.78 is 0.972. The molecular weight excluding hydrogens is 284 g/mol. The van der Waals surface area contributed by atoms with E-state index in [0.29, 0.717) is 17.7 Å². The Morgan fingerprint density at radius 2 is 2.00 bits per heavy atom. The van der Waals surface area contributed by atoms with Crippen molar-refractivity contribution >= 4 is 15.9 Å². The third kappa shape index (κ3) is 2.74. The largest absolute Gasteiger partial charge is 0.325 e. The number of nitrogens with one attached hydrogen (secondary N) is 2. The molecule has 0 radical (unpaired) electrons. The van der Waals surface area contributed by atoms with Gasteiger partial charge in [-0.1, -0.05) is 28.1 Å². The highest BCUT2D eigenvalue weighted by molar-refractivity contribution is 9.10. The first kappa shape index (κ1) is 11.9. The average molecular weight is 295 g/mol. The van der Waals surface area contributed by atoms with Gasteiger partial charge in [-0.15, -0.1) is 0 Å². The summed E-state index contributed by atoms with van der Waals surface area (Å²) in [5.74, 6) is 0. The summed E-state index contributed by atoms with van der Waals surface area (Å²) in [5, 5.41) is 0. The molecule has 0 aliphatic carbocycles. The van der Waals surface area contributed by atoms with Gasteiger partial charge < -0.3 is 4.98 Å². The van der Waals surface area contributed by atoms with E-state index in [-0.39, 0.29) is 5.56 Å². The zero-order valence-electron chi connectivity index (χ0n) is 9.21. The minimum Gasteiger partial charge on any atom is -0.311 e. The lowest BCUT2D eigenvalue weighted by Crippen LogP contribution is -2.26. The molecule has 0 bridgehead atoms. The van der Waals surface area contributed by atoms with E-state index in [4.69, 9.17) is 0 Å². The second kappa shape index (κ2) is 4.71. The number of aromatic nitrogens is 2. The van der Waals surface area contributed by atoms with Gasteiger partial charge in [0.25, 0.3) is 5.56 Å². The first-order valence-electron chi connectivity index (χ1n) is 5.13. The van der Waals surface area contributed by atoms with Gasteiger partial charge in [-0.25, -0.2) is 4.79 Å². The highest BCUT2D eigenvalue weighted by Gasteiger charge is 2.05. The Labute approximate surface area is 106 Å². The molecule has 0 fully saturated rings. The van der Waals surface area contributed by atoms with Crippen LogP contribution in [-0.2, 0) is 6.42 Å². The molecule has 4 nitrogen and oxygen atoms in total. The summed E-state index contributed by atoms with van der Waals surface area (Å²) in [7, 11) is 0. The molecule has 1 aromatic heterocycles. The normalized spacial score (nSPS) is 10.5. The molecule has 0 amide bonds. The lowest BCUT2D eigenvalue weighted by atomic mass is 10.1. The zero-order chi connectivity index (χ0) is 12.4. The summed E-state index contributed by atoms with van der Waals surface area (Å²) in [4.78, 5) is 27.5. The number of hydrogen-bond donors (Lipinski definition) is 2. The maximum absolute atomic E-state index is 11.4. The highest BCUT2D eigenvalue weighted by Crippen LogP contribution is 2.14. The van der Waals surface area contributed by atoms with Crippen molar-refractivity contribution in [1.82, 2.24) is 9.97 Å². The van der Waals surface area contributed by atoms with Crippen LogP contribution in [0.1, 0.15) is 16.8 Å². The lowest BCUT2D eigenvalue weighted by molar-refractivity contribution is 0.924. The Morgan fingerprint density at radius 1 is 1.24 bits per heavy atom. The Balaban J connectivity index is 2.43. The van der Waals surface area contributed by atoms with Crippen molar-refractivity contribution in [3.63, 3.8) is 0 Å². The molecule has 0 saturated heterocycles. The van der Waals surface area contributed by atoms with E-state index in [2.05, 4.69) is 25.9 Å². The fraction of sp³-hybridized carbons (Fsp3) is 0.167. The lowest BCUT2D eigenvalue weighted by Gasteiger charge is -2.05. The first-order valence-corrected chi connectivity index (χ1v) is 5.92. The highest BCUT2D eigenvalue weighted by atomic mass is 79.9. The predicted molar refractivity (Wildman–Crippen MR) is 69.4 cm³/mol. The van der Waals surface area contributed by atoms with E-state index in [1.54, 1.807) is 6.92 Å². The van der Waals surface area contributed by atoms with Gasteiger partial charge in [-0.3, -0.25) is 9.78 Å². The topological polar surface area (TPSA) is 65.7 Å². The molecule has 5 heteroatoms. The number of aromatic amines is 2. The second-order valence-electron chi connectivity index (χ2n) is 3.82. The summed E-state index contributed by atoms with van der Waals surface area (Å²) in [5.41, 5.74) is 1.43. The molecule has 2 N–H and O–H groups in total. The zero-order valence-corrected chi connectivity index (χ0v) is 10.8. The molecule has 17 heavy (non-hydrogen) atoms. The third-order valence-corrected chi connectivity index (χ3v) is 3.05. The molecule has 0 unspecified atom stereocenters. The summed E-state index contributed by atoms with van der Waals surface area (Å²) in [6.07, 6.45) is 0.532. The van der Waals surface area contributed by atoms with Crippen LogP contribution in [0.3, 0.4) is 0 Å².